The maximum absolute atomic E-state index is 12.8. The van der Waals surface area contributed by atoms with Gasteiger partial charge in [0.25, 0.3) is 0 Å². The van der Waals surface area contributed by atoms with E-state index in [1.807, 2.05) is 22.3 Å². The van der Waals surface area contributed by atoms with Crippen LogP contribution in [0.5, 0.6) is 0 Å². The van der Waals surface area contributed by atoms with Crippen LogP contribution in [-0.4, -0.2) is 57.3 Å². The monoisotopic (exact) mass is 304 g/mol. The molecule has 2 aliphatic rings. The molecule has 0 spiro atoms. The molecule has 6 heteroatoms. The fourth-order valence-electron chi connectivity index (χ4n) is 3.61. The van der Waals surface area contributed by atoms with Crippen molar-refractivity contribution < 1.29 is 9.59 Å². The van der Waals surface area contributed by atoms with Gasteiger partial charge in [-0.05, 0) is 25.7 Å². The molecule has 2 amide bonds. The Labute approximate surface area is 131 Å². The highest BCUT2D eigenvalue weighted by atomic mass is 16.2. The van der Waals surface area contributed by atoms with Gasteiger partial charge >= 0.3 is 0 Å². The minimum Gasteiger partial charge on any atom is -0.342 e. The van der Waals surface area contributed by atoms with Crippen molar-refractivity contribution in [1.29, 1.82) is 0 Å². The zero-order valence-electron chi connectivity index (χ0n) is 13.1. The van der Waals surface area contributed by atoms with Crippen molar-refractivity contribution in [2.75, 3.05) is 26.2 Å². The second-order valence-electron chi connectivity index (χ2n) is 6.39. The van der Waals surface area contributed by atoms with Gasteiger partial charge < -0.3 is 14.4 Å². The van der Waals surface area contributed by atoms with E-state index >= 15 is 0 Å². The lowest BCUT2D eigenvalue weighted by Gasteiger charge is -2.38. The molecule has 0 aliphatic carbocycles. The fraction of sp³-hybridized carbons (Fsp3) is 0.688. The number of imidazole rings is 1. The normalized spacial score (nSPS) is 26.0. The summed E-state index contributed by atoms with van der Waals surface area (Å²) in [6.07, 6.45) is 9.52. The van der Waals surface area contributed by atoms with Gasteiger partial charge in [0, 0.05) is 45.5 Å². The molecule has 2 saturated heterocycles. The van der Waals surface area contributed by atoms with E-state index < -0.39 is 0 Å². The van der Waals surface area contributed by atoms with Crippen LogP contribution in [0.4, 0.5) is 0 Å². The van der Waals surface area contributed by atoms with Crippen molar-refractivity contribution in [3.63, 3.8) is 0 Å². The first-order valence-corrected chi connectivity index (χ1v) is 8.17. The first-order chi connectivity index (χ1) is 10.6. The summed E-state index contributed by atoms with van der Waals surface area (Å²) in [5.74, 6) is 0.266. The molecule has 22 heavy (non-hydrogen) atoms. The molecule has 1 aromatic rings. The molecule has 1 aromatic heterocycles. The molecule has 0 aromatic carbocycles. The van der Waals surface area contributed by atoms with Gasteiger partial charge in [-0.25, -0.2) is 4.98 Å². The van der Waals surface area contributed by atoms with Crippen molar-refractivity contribution in [2.24, 2.45) is 5.92 Å². The molecule has 0 unspecified atom stereocenters. The van der Waals surface area contributed by atoms with E-state index in [9.17, 15) is 9.59 Å². The van der Waals surface area contributed by atoms with Crippen molar-refractivity contribution in [3.8, 4) is 0 Å². The number of aromatic nitrogens is 2. The highest BCUT2D eigenvalue weighted by Crippen LogP contribution is 2.25. The maximum Gasteiger partial charge on any atom is 0.227 e. The highest BCUT2D eigenvalue weighted by Gasteiger charge is 2.32. The van der Waals surface area contributed by atoms with E-state index in [0.717, 1.165) is 45.3 Å². The minimum atomic E-state index is -0.0285. The van der Waals surface area contributed by atoms with Gasteiger partial charge in [0.05, 0.1) is 18.3 Å². The van der Waals surface area contributed by atoms with Gasteiger partial charge in [-0.15, -0.1) is 0 Å². The summed E-state index contributed by atoms with van der Waals surface area (Å²) in [4.78, 5) is 32.2. The number of likely N-dealkylation sites (tertiary alicyclic amines) is 2. The second kappa shape index (κ2) is 6.50. The van der Waals surface area contributed by atoms with Crippen LogP contribution in [0.2, 0.25) is 0 Å². The van der Waals surface area contributed by atoms with Crippen molar-refractivity contribution in [1.82, 2.24) is 19.4 Å². The summed E-state index contributed by atoms with van der Waals surface area (Å²) in [6, 6.07) is 0.327. The topological polar surface area (TPSA) is 58.4 Å². The first-order valence-electron chi connectivity index (χ1n) is 8.17. The molecule has 120 valence electrons. The predicted octanol–water partition coefficient (Wildman–Crippen LogP) is 1.31. The molecule has 0 radical (unpaired) electrons. The smallest absolute Gasteiger partial charge is 0.227 e. The lowest BCUT2D eigenvalue weighted by Crippen LogP contribution is -2.48. The number of carbonyl (C=O) groups excluding carboxylic acids is 2. The van der Waals surface area contributed by atoms with Gasteiger partial charge in [-0.2, -0.15) is 0 Å². The van der Waals surface area contributed by atoms with Gasteiger partial charge in [0.1, 0.15) is 0 Å². The summed E-state index contributed by atoms with van der Waals surface area (Å²) in [5, 5.41) is 0. The molecule has 0 bridgehead atoms. The van der Waals surface area contributed by atoms with Crippen LogP contribution in [0, 0.1) is 5.92 Å². The van der Waals surface area contributed by atoms with Crippen molar-refractivity contribution >= 4 is 11.8 Å². The molecular weight excluding hydrogens is 280 g/mol. The molecular formula is C16H24N4O2. The third kappa shape index (κ3) is 3.15. The number of hydrogen-bond donors (Lipinski definition) is 0. The number of amides is 2. The van der Waals surface area contributed by atoms with Crippen LogP contribution in [0.25, 0.3) is 0 Å². The Balaban J connectivity index is 1.63. The average Bonchev–Trinajstić information content (AvgIpc) is 3.09. The van der Waals surface area contributed by atoms with E-state index in [1.165, 1.54) is 0 Å². The third-order valence-electron chi connectivity index (χ3n) is 4.87. The van der Waals surface area contributed by atoms with E-state index in [0.29, 0.717) is 12.6 Å². The number of rotatable bonds is 2. The van der Waals surface area contributed by atoms with E-state index in [4.69, 9.17) is 0 Å². The summed E-state index contributed by atoms with van der Waals surface area (Å²) in [7, 11) is 0. The summed E-state index contributed by atoms with van der Waals surface area (Å²) in [5.41, 5.74) is 0. The molecule has 0 saturated carbocycles. The minimum absolute atomic E-state index is 0.0285. The summed E-state index contributed by atoms with van der Waals surface area (Å²) < 4.78 is 2.10. The summed E-state index contributed by atoms with van der Waals surface area (Å²) in [6.45, 7) is 4.55. The molecule has 3 rings (SSSR count). The van der Waals surface area contributed by atoms with Crippen molar-refractivity contribution in [3.05, 3.63) is 18.7 Å². The number of nitrogens with zero attached hydrogens (tertiary/aromatic N) is 4. The molecule has 2 fully saturated rings. The average molecular weight is 304 g/mol. The molecule has 3 heterocycles. The number of piperidine rings is 2. The Morgan fingerprint density at radius 2 is 1.86 bits per heavy atom. The van der Waals surface area contributed by atoms with Crippen LogP contribution >= 0.6 is 0 Å². The Hall–Kier alpha value is -1.85. The Bertz CT molecular complexity index is 528. The Morgan fingerprint density at radius 1 is 1.09 bits per heavy atom. The first kappa shape index (κ1) is 15.1. The third-order valence-corrected chi connectivity index (χ3v) is 4.87. The Kier molecular flexibility index (Phi) is 4.45. The van der Waals surface area contributed by atoms with Crippen LogP contribution in [0.3, 0.4) is 0 Å². The van der Waals surface area contributed by atoms with E-state index in [-0.39, 0.29) is 17.7 Å². The summed E-state index contributed by atoms with van der Waals surface area (Å²) >= 11 is 0. The van der Waals surface area contributed by atoms with Crippen molar-refractivity contribution in [2.45, 2.75) is 38.6 Å². The molecule has 6 nitrogen and oxygen atoms in total. The SMILES string of the molecule is CC(=O)N1CCC[C@H](C(=O)N2CCC[C@@H](n3ccnc3)C2)C1. The standard InChI is InChI=1S/C16H24N4O2/c1-13(21)18-7-2-4-14(10-18)16(22)19-8-3-5-15(11-19)20-9-6-17-12-20/h6,9,12,14-15H,2-5,7-8,10-11H2,1H3/t14-,15+/m0/s1. The zero-order chi connectivity index (χ0) is 15.5. The lowest BCUT2D eigenvalue weighted by molar-refractivity contribution is -0.141. The van der Waals surface area contributed by atoms with Crippen LogP contribution in [0.15, 0.2) is 18.7 Å². The highest BCUT2D eigenvalue weighted by molar-refractivity contribution is 5.81. The van der Waals surface area contributed by atoms with Gasteiger partial charge in [-0.3, -0.25) is 9.59 Å². The second-order valence-corrected chi connectivity index (χ2v) is 6.39. The maximum atomic E-state index is 12.8. The van der Waals surface area contributed by atoms with Gasteiger partial charge in [0.15, 0.2) is 0 Å². The van der Waals surface area contributed by atoms with E-state index in [1.54, 1.807) is 13.1 Å². The predicted molar refractivity (Wildman–Crippen MR) is 82.1 cm³/mol. The lowest BCUT2D eigenvalue weighted by atomic mass is 9.95. The quantitative estimate of drug-likeness (QED) is 0.827. The number of carbonyl (C=O) groups is 2. The number of hydrogen-bond acceptors (Lipinski definition) is 3. The Morgan fingerprint density at radius 3 is 2.59 bits per heavy atom. The molecule has 2 atom stereocenters. The van der Waals surface area contributed by atoms with Gasteiger partial charge in [0.2, 0.25) is 11.8 Å². The fourth-order valence-corrected chi connectivity index (χ4v) is 3.61. The molecule has 2 aliphatic heterocycles. The zero-order valence-corrected chi connectivity index (χ0v) is 13.1. The molecule has 0 N–H and O–H groups in total. The van der Waals surface area contributed by atoms with Crippen LogP contribution in [0.1, 0.15) is 38.6 Å². The van der Waals surface area contributed by atoms with Crippen LogP contribution < -0.4 is 0 Å². The van der Waals surface area contributed by atoms with Crippen LogP contribution in [-0.2, 0) is 9.59 Å². The largest absolute Gasteiger partial charge is 0.342 e. The van der Waals surface area contributed by atoms with Gasteiger partial charge in [-0.1, -0.05) is 0 Å². The van der Waals surface area contributed by atoms with E-state index in [2.05, 4.69) is 9.55 Å².